The summed E-state index contributed by atoms with van der Waals surface area (Å²) in [6.45, 7) is 1.97. The van der Waals surface area contributed by atoms with E-state index in [2.05, 4.69) is 4.74 Å². The number of rotatable bonds is 3. The van der Waals surface area contributed by atoms with Gasteiger partial charge in [-0.3, -0.25) is 9.59 Å². The molecule has 0 aliphatic rings. The number of methoxy groups -OCH3 is 1. The molecule has 2 rings (SSSR count). The highest BCUT2D eigenvalue weighted by molar-refractivity contribution is 6.13. The Morgan fingerprint density at radius 3 is 2.67 bits per heavy atom. The molecule has 0 N–H and O–H groups in total. The first-order valence-electron chi connectivity index (χ1n) is 5.71. The quantitative estimate of drug-likeness (QED) is 0.472. The van der Waals surface area contributed by atoms with Gasteiger partial charge in [-0.2, -0.15) is 0 Å². The summed E-state index contributed by atoms with van der Waals surface area (Å²) in [5.74, 6) is -0.720. The Morgan fingerprint density at radius 1 is 1.17 bits per heavy atom. The molecule has 0 atom stereocenters. The zero-order chi connectivity index (χ0) is 13.1. The van der Waals surface area contributed by atoms with Crippen LogP contribution in [0.5, 0.6) is 0 Å². The molecule has 0 radical (unpaired) electrons. The lowest BCUT2D eigenvalue weighted by Crippen LogP contribution is -2.09. The zero-order valence-electron chi connectivity index (χ0n) is 10.4. The van der Waals surface area contributed by atoms with E-state index in [1.165, 1.54) is 7.11 Å². The highest BCUT2D eigenvalue weighted by Crippen LogP contribution is 2.21. The molecule has 0 amide bonds. The number of Topliss-reactive ketones (excluding diaryl/α,β-unsaturated/α-hetero) is 1. The van der Waals surface area contributed by atoms with Crippen LogP contribution in [0.1, 0.15) is 22.3 Å². The first-order valence-corrected chi connectivity index (χ1v) is 5.71. The molecule has 0 bridgehead atoms. The predicted octanol–water partition coefficient (Wildman–Crippen LogP) is 2.89. The van der Waals surface area contributed by atoms with Crippen molar-refractivity contribution in [3.05, 3.63) is 47.5 Å². The molecule has 18 heavy (non-hydrogen) atoms. The molecule has 3 nitrogen and oxygen atoms in total. The minimum Gasteiger partial charge on any atom is -0.469 e. The summed E-state index contributed by atoms with van der Waals surface area (Å²) in [4.78, 5) is 23.2. The molecule has 0 fully saturated rings. The van der Waals surface area contributed by atoms with E-state index >= 15 is 0 Å². The number of ether oxygens (including phenoxy) is 1. The molecule has 0 aromatic heterocycles. The van der Waals surface area contributed by atoms with Crippen LogP contribution in [0.25, 0.3) is 10.8 Å². The molecule has 2 aromatic carbocycles. The van der Waals surface area contributed by atoms with Crippen molar-refractivity contribution in [1.29, 1.82) is 0 Å². The van der Waals surface area contributed by atoms with Gasteiger partial charge in [0, 0.05) is 5.56 Å². The summed E-state index contributed by atoms with van der Waals surface area (Å²) in [6.07, 6.45) is -0.219. The molecule has 0 aliphatic heterocycles. The second-order valence-electron chi connectivity index (χ2n) is 4.21. The topological polar surface area (TPSA) is 43.4 Å². The monoisotopic (exact) mass is 242 g/mol. The van der Waals surface area contributed by atoms with Gasteiger partial charge in [-0.05, 0) is 17.7 Å². The largest absolute Gasteiger partial charge is 0.469 e. The molecule has 2 aromatic rings. The van der Waals surface area contributed by atoms with E-state index in [1.807, 2.05) is 37.3 Å². The molecule has 0 saturated heterocycles. The lowest BCUT2D eigenvalue weighted by molar-refractivity contribution is -0.139. The molecular weight excluding hydrogens is 228 g/mol. The number of carbonyl (C=O) groups excluding carboxylic acids is 2. The number of benzene rings is 2. The molecule has 3 heteroatoms. The second-order valence-corrected chi connectivity index (χ2v) is 4.21. The molecule has 92 valence electrons. The van der Waals surface area contributed by atoms with Gasteiger partial charge in [-0.15, -0.1) is 0 Å². The van der Waals surface area contributed by atoms with Crippen LogP contribution in [0.4, 0.5) is 0 Å². The lowest BCUT2D eigenvalue weighted by atomic mass is 9.98. The lowest BCUT2D eigenvalue weighted by Gasteiger charge is -2.06. The number of hydrogen-bond acceptors (Lipinski definition) is 3. The SMILES string of the molecule is COC(=O)CC(=O)c1cccc2ccc(C)cc12. The summed E-state index contributed by atoms with van der Waals surface area (Å²) in [5.41, 5.74) is 1.66. The Bertz CT molecular complexity index is 614. The summed E-state index contributed by atoms with van der Waals surface area (Å²) in [7, 11) is 1.28. The van der Waals surface area contributed by atoms with Gasteiger partial charge in [-0.25, -0.2) is 0 Å². The van der Waals surface area contributed by atoms with Gasteiger partial charge in [0.15, 0.2) is 5.78 Å². The van der Waals surface area contributed by atoms with E-state index < -0.39 is 5.97 Å². The van der Waals surface area contributed by atoms with Gasteiger partial charge in [0.1, 0.15) is 6.42 Å². The Hall–Kier alpha value is -2.16. The Kier molecular flexibility index (Phi) is 3.42. The molecule has 0 spiro atoms. The van der Waals surface area contributed by atoms with E-state index in [0.717, 1.165) is 16.3 Å². The first-order chi connectivity index (χ1) is 8.61. The predicted molar refractivity (Wildman–Crippen MR) is 69.6 cm³/mol. The van der Waals surface area contributed by atoms with Crippen molar-refractivity contribution in [1.82, 2.24) is 0 Å². The third-order valence-electron chi connectivity index (χ3n) is 2.87. The van der Waals surface area contributed by atoms with Gasteiger partial charge < -0.3 is 4.74 Å². The maximum atomic E-state index is 12.0. The number of esters is 1. The maximum Gasteiger partial charge on any atom is 0.313 e. The number of aryl methyl sites for hydroxylation is 1. The van der Waals surface area contributed by atoms with Crippen LogP contribution in [0.15, 0.2) is 36.4 Å². The van der Waals surface area contributed by atoms with E-state index in [4.69, 9.17) is 0 Å². The molecular formula is C15H14O3. The summed E-state index contributed by atoms with van der Waals surface area (Å²) < 4.78 is 4.52. The van der Waals surface area contributed by atoms with Crippen LogP contribution >= 0.6 is 0 Å². The van der Waals surface area contributed by atoms with Crippen LogP contribution < -0.4 is 0 Å². The van der Waals surface area contributed by atoms with Gasteiger partial charge in [0.25, 0.3) is 0 Å². The van der Waals surface area contributed by atoms with Crippen molar-refractivity contribution in [3.8, 4) is 0 Å². The average molecular weight is 242 g/mol. The molecule has 0 heterocycles. The number of ketones is 1. The summed E-state index contributed by atoms with van der Waals surface area (Å²) >= 11 is 0. The van der Waals surface area contributed by atoms with E-state index in [-0.39, 0.29) is 12.2 Å². The summed E-state index contributed by atoms with van der Waals surface area (Å²) in [6, 6.07) is 11.4. The normalized spacial score (nSPS) is 10.3. The smallest absolute Gasteiger partial charge is 0.313 e. The van der Waals surface area contributed by atoms with Gasteiger partial charge in [0.05, 0.1) is 7.11 Å². The Balaban J connectivity index is 2.47. The molecule has 0 aliphatic carbocycles. The van der Waals surface area contributed by atoms with Crippen molar-refractivity contribution in [2.45, 2.75) is 13.3 Å². The van der Waals surface area contributed by atoms with Crippen molar-refractivity contribution < 1.29 is 14.3 Å². The van der Waals surface area contributed by atoms with Crippen molar-refractivity contribution in [2.24, 2.45) is 0 Å². The van der Waals surface area contributed by atoms with Crippen LogP contribution in [0.2, 0.25) is 0 Å². The van der Waals surface area contributed by atoms with E-state index in [1.54, 1.807) is 6.07 Å². The highest BCUT2D eigenvalue weighted by atomic mass is 16.5. The Morgan fingerprint density at radius 2 is 1.94 bits per heavy atom. The van der Waals surface area contributed by atoms with Crippen LogP contribution in [-0.2, 0) is 9.53 Å². The fraction of sp³-hybridized carbons (Fsp3) is 0.200. The fourth-order valence-electron chi connectivity index (χ4n) is 1.93. The van der Waals surface area contributed by atoms with Crippen LogP contribution in [0.3, 0.4) is 0 Å². The number of carbonyl (C=O) groups is 2. The molecule has 0 saturated carbocycles. The van der Waals surface area contributed by atoms with Crippen LogP contribution in [-0.4, -0.2) is 18.9 Å². The van der Waals surface area contributed by atoms with Crippen molar-refractivity contribution in [3.63, 3.8) is 0 Å². The summed E-state index contributed by atoms with van der Waals surface area (Å²) in [5, 5.41) is 1.88. The third kappa shape index (κ3) is 2.40. The Labute approximate surface area is 105 Å². The maximum absolute atomic E-state index is 12.0. The van der Waals surface area contributed by atoms with Crippen molar-refractivity contribution >= 4 is 22.5 Å². The highest BCUT2D eigenvalue weighted by Gasteiger charge is 2.14. The van der Waals surface area contributed by atoms with E-state index in [0.29, 0.717) is 5.56 Å². The average Bonchev–Trinajstić information content (AvgIpc) is 2.37. The second kappa shape index (κ2) is 5.00. The van der Waals surface area contributed by atoms with E-state index in [9.17, 15) is 9.59 Å². The van der Waals surface area contributed by atoms with Crippen LogP contribution in [0, 0.1) is 6.92 Å². The minimum atomic E-state index is -0.510. The van der Waals surface area contributed by atoms with Gasteiger partial charge in [0.2, 0.25) is 0 Å². The first kappa shape index (κ1) is 12.3. The fourth-order valence-corrected chi connectivity index (χ4v) is 1.93. The standard InChI is InChI=1S/C15H14O3/c1-10-6-7-11-4-3-5-12(13(11)8-10)14(16)9-15(17)18-2/h3-8H,9H2,1-2H3. The minimum absolute atomic E-state index is 0.210. The number of hydrogen-bond donors (Lipinski definition) is 0. The third-order valence-corrected chi connectivity index (χ3v) is 2.87. The molecule has 0 unspecified atom stereocenters. The zero-order valence-corrected chi connectivity index (χ0v) is 10.4. The van der Waals surface area contributed by atoms with Gasteiger partial charge >= 0.3 is 5.97 Å². The van der Waals surface area contributed by atoms with Crippen molar-refractivity contribution in [2.75, 3.05) is 7.11 Å². The van der Waals surface area contributed by atoms with Gasteiger partial charge in [-0.1, -0.05) is 42.0 Å². The number of fused-ring (bicyclic) bond motifs is 1.